The maximum Gasteiger partial charge on any atom is 0.336 e. The van der Waals surface area contributed by atoms with Gasteiger partial charge in [-0.15, -0.1) is 22.7 Å². The van der Waals surface area contributed by atoms with Crippen molar-refractivity contribution in [1.82, 2.24) is 0 Å². The number of carbonyl (C=O) groups is 2. The number of rotatable bonds is 4. The van der Waals surface area contributed by atoms with Gasteiger partial charge in [0.2, 0.25) is 0 Å². The minimum Gasteiger partial charge on any atom is -0.478 e. The molecule has 0 unspecified atom stereocenters. The Morgan fingerprint density at radius 2 is 0.966 bits per heavy atom. The van der Waals surface area contributed by atoms with E-state index in [1.165, 1.54) is 0 Å². The van der Waals surface area contributed by atoms with Gasteiger partial charge in [-0.25, -0.2) is 9.59 Å². The zero-order valence-corrected chi connectivity index (χ0v) is 19.9. The zero-order chi connectivity index (χ0) is 19.9. The van der Waals surface area contributed by atoms with Gasteiger partial charge >= 0.3 is 11.9 Å². The second kappa shape index (κ2) is 10.8. The average molecular weight is 474 g/mol. The summed E-state index contributed by atoms with van der Waals surface area (Å²) < 4.78 is 0. The van der Waals surface area contributed by atoms with Crippen LogP contribution in [0.5, 0.6) is 0 Å². The molecular weight excluding hydrogens is 458 g/mol. The third-order valence-electron chi connectivity index (χ3n) is 3.89. The first-order chi connectivity index (χ1) is 13.6. The van der Waals surface area contributed by atoms with Gasteiger partial charge in [0.15, 0.2) is 0 Å². The van der Waals surface area contributed by atoms with Crippen LogP contribution in [0.4, 0.5) is 0 Å². The third kappa shape index (κ3) is 5.70. The summed E-state index contributed by atoms with van der Waals surface area (Å²) in [6.07, 6.45) is 0. The van der Waals surface area contributed by atoms with Crippen LogP contribution in [0.15, 0.2) is 83.6 Å². The van der Waals surface area contributed by atoms with E-state index in [-0.39, 0.29) is 19.5 Å². The van der Waals surface area contributed by atoms with Crippen LogP contribution in [-0.4, -0.2) is 22.2 Å². The molecule has 0 aliphatic rings. The molecule has 4 nitrogen and oxygen atoms in total. The van der Waals surface area contributed by atoms with E-state index in [0.29, 0.717) is 11.1 Å². The SMILES string of the molecule is O=C(O)c1ccccc1-c1cccs1.O=C(O)c1ccccc1-c1cccs1.[Zn]. The predicted octanol–water partition coefficient (Wildman–Crippen LogP) is 6.22. The number of thiophene rings is 2. The summed E-state index contributed by atoms with van der Waals surface area (Å²) in [6, 6.07) is 21.7. The van der Waals surface area contributed by atoms with E-state index >= 15 is 0 Å². The number of carboxylic acid groups (broad SMARTS) is 2. The molecule has 4 aromatic rings. The maximum absolute atomic E-state index is 10.9. The van der Waals surface area contributed by atoms with Crippen molar-refractivity contribution in [3.05, 3.63) is 94.7 Å². The Hall–Kier alpha value is -2.60. The average Bonchev–Trinajstić information content (AvgIpc) is 3.42. The molecule has 0 atom stereocenters. The fourth-order valence-corrected chi connectivity index (χ4v) is 4.16. The minimum absolute atomic E-state index is 0. The Labute approximate surface area is 188 Å². The molecule has 0 saturated carbocycles. The smallest absolute Gasteiger partial charge is 0.336 e. The Bertz CT molecular complexity index is 986. The molecule has 0 spiro atoms. The van der Waals surface area contributed by atoms with Crippen molar-refractivity contribution >= 4 is 34.6 Å². The summed E-state index contributed by atoms with van der Waals surface area (Å²) in [5, 5.41) is 21.8. The fraction of sp³-hybridized carbons (Fsp3) is 0. The predicted molar refractivity (Wildman–Crippen MR) is 113 cm³/mol. The first-order valence-electron chi connectivity index (χ1n) is 8.30. The van der Waals surface area contributed by atoms with Crippen LogP contribution < -0.4 is 0 Å². The van der Waals surface area contributed by atoms with Gasteiger partial charge in [0, 0.05) is 40.4 Å². The third-order valence-corrected chi connectivity index (χ3v) is 5.69. The Morgan fingerprint density at radius 3 is 1.28 bits per heavy atom. The first-order valence-corrected chi connectivity index (χ1v) is 10.1. The second-order valence-electron chi connectivity index (χ2n) is 5.66. The zero-order valence-electron chi connectivity index (χ0n) is 15.3. The van der Waals surface area contributed by atoms with Gasteiger partial charge in [0.05, 0.1) is 11.1 Å². The van der Waals surface area contributed by atoms with Gasteiger partial charge in [-0.3, -0.25) is 0 Å². The number of hydrogen-bond acceptors (Lipinski definition) is 4. The van der Waals surface area contributed by atoms with Crippen LogP contribution in [0, 0.1) is 0 Å². The van der Waals surface area contributed by atoms with Gasteiger partial charge in [-0.1, -0.05) is 48.5 Å². The Balaban J connectivity index is 0.000000200. The molecule has 2 aromatic carbocycles. The molecule has 2 heterocycles. The van der Waals surface area contributed by atoms with Crippen molar-refractivity contribution in [1.29, 1.82) is 0 Å². The minimum atomic E-state index is -0.881. The summed E-state index contributed by atoms with van der Waals surface area (Å²) in [4.78, 5) is 23.8. The summed E-state index contributed by atoms with van der Waals surface area (Å²) in [7, 11) is 0. The molecule has 0 radical (unpaired) electrons. The molecule has 0 aliphatic carbocycles. The number of benzene rings is 2. The van der Waals surface area contributed by atoms with Crippen molar-refractivity contribution in [2.75, 3.05) is 0 Å². The maximum atomic E-state index is 10.9. The van der Waals surface area contributed by atoms with Crippen LogP contribution >= 0.6 is 22.7 Å². The molecular formula is C22H16O4S2Zn. The van der Waals surface area contributed by atoms with Gasteiger partial charge in [-0.2, -0.15) is 0 Å². The van der Waals surface area contributed by atoms with E-state index in [1.54, 1.807) is 46.9 Å². The van der Waals surface area contributed by atoms with Gasteiger partial charge in [0.1, 0.15) is 0 Å². The molecule has 0 saturated heterocycles. The number of aromatic carboxylic acids is 2. The van der Waals surface area contributed by atoms with E-state index in [9.17, 15) is 9.59 Å². The van der Waals surface area contributed by atoms with Crippen molar-refractivity contribution in [3.63, 3.8) is 0 Å². The van der Waals surface area contributed by atoms with E-state index in [4.69, 9.17) is 10.2 Å². The molecule has 29 heavy (non-hydrogen) atoms. The van der Waals surface area contributed by atoms with E-state index in [0.717, 1.165) is 20.9 Å². The largest absolute Gasteiger partial charge is 0.478 e. The van der Waals surface area contributed by atoms with E-state index in [2.05, 4.69) is 0 Å². The summed E-state index contributed by atoms with van der Waals surface area (Å²) in [6.45, 7) is 0. The molecule has 7 heteroatoms. The van der Waals surface area contributed by atoms with Gasteiger partial charge < -0.3 is 10.2 Å². The Morgan fingerprint density at radius 1 is 0.586 bits per heavy atom. The molecule has 0 fully saturated rings. The van der Waals surface area contributed by atoms with Crippen LogP contribution in [-0.2, 0) is 19.5 Å². The topological polar surface area (TPSA) is 74.6 Å². The molecule has 0 aliphatic heterocycles. The second-order valence-corrected chi connectivity index (χ2v) is 7.55. The fourth-order valence-electron chi connectivity index (χ4n) is 2.63. The van der Waals surface area contributed by atoms with Crippen molar-refractivity contribution in [2.24, 2.45) is 0 Å². The van der Waals surface area contributed by atoms with Crippen LogP contribution in [0.1, 0.15) is 20.7 Å². The monoisotopic (exact) mass is 472 g/mol. The van der Waals surface area contributed by atoms with Gasteiger partial charge in [-0.05, 0) is 35.0 Å². The molecule has 0 amide bonds. The van der Waals surface area contributed by atoms with Gasteiger partial charge in [0.25, 0.3) is 0 Å². The molecule has 2 N–H and O–H groups in total. The normalized spacial score (nSPS) is 9.66. The first kappa shape index (κ1) is 22.7. The molecule has 2 aromatic heterocycles. The molecule has 0 bridgehead atoms. The van der Waals surface area contributed by atoms with Crippen LogP contribution in [0.25, 0.3) is 20.9 Å². The van der Waals surface area contributed by atoms with Crippen molar-refractivity contribution in [3.8, 4) is 20.9 Å². The number of hydrogen-bond donors (Lipinski definition) is 2. The van der Waals surface area contributed by atoms with Crippen molar-refractivity contribution in [2.45, 2.75) is 0 Å². The summed E-state index contributed by atoms with van der Waals surface area (Å²) in [5.74, 6) is -1.76. The summed E-state index contributed by atoms with van der Waals surface area (Å²) >= 11 is 3.09. The quantitative estimate of drug-likeness (QED) is 0.345. The Kier molecular flexibility index (Phi) is 8.46. The standard InChI is InChI=1S/2C11H8O2S.Zn/c2*12-11(13)9-5-2-1-4-8(9)10-6-3-7-14-10;/h2*1-7H,(H,12,13);. The van der Waals surface area contributed by atoms with E-state index in [1.807, 2.05) is 59.3 Å². The summed E-state index contributed by atoms with van der Waals surface area (Å²) in [5.41, 5.74) is 2.29. The molecule has 142 valence electrons. The van der Waals surface area contributed by atoms with Crippen LogP contribution in [0.2, 0.25) is 0 Å². The van der Waals surface area contributed by atoms with Crippen LogP contribution in [0.3, 0.4) is 0 Å². The van der Waals surface area contributed by atoms with E-state index < -0.39 is 11.9 Å². The van der Waals surface area contributed by atoms with Crippen molar-refractivity contribution < 1.29 is 39.3 Å². The molecule has 4 rings (SSSR count). The number of carboxylic acids is 2.